The van der Waals surface area contributed by atoms with Gasteiger partial charge in [-0.2, -0.15) is 0 Å². The Kier molecular flexibility index (Phi) is 3.99. The molecule has 0 bridgehead atoms. The van der Waals surface area contributed by atoms with Crippen LogP contribution in [0.5, 0.6) is 0 Å². The van der Waals surface area contributed by atoms with Crippen LogP contribution in [0.3, 0.4) is 0 Å². The molecule has 0 aromatic heterocycles. The number of likely N-dealkylation sites (tertiary alicyclic amines) is 1. The Morgan fingerprint density at radius 2 is 2.09 bits per heavy atom. The number of hydrogen-bond acceptors (Lipinski definition) is 5. The van der Waals surface area contributed by atoms with Crippen molar-refractivity contribution in [3.8, 4) is 0 Å². The molecule has 3 rings (SSSR count). The number of amides is 1. The van der Waals surface area contributed by atoms with Crippen molar-refractivity contribution in [2.45, 2.75) is 18.9 Å². The van der Waals surface area contributed by atoms with Crippen LogP contribution in [0.1, 0.15) is 12.8 Å². The summed E-state index contributed by atoms with van der Waals surface area (Å²) in [6.07, 6.45) is 1.16. The van der Waals surface area contributed by atoms with Crippen LogP contribution >= 0.6 is 0 Å². The van der Waals surface area contributed by atoms with Gasteiger partial charge >= 0.3 is 5.97 Å². The van der Waals surface area contributed by atoms with Gasteiger partial charge in [0.25, 0.3) is 5.69 Å². The second kappa shape index (κ2) is 5.96. The van der Waals surface area contributed by atoms with Gasteiger partial charge in [-0.1, -0.05) is 6.07 Å². The number of nitro groups is 1. The summed E-state index contributed by atoms with van der Waals surface area (Å²) >= 11 is 0. The second-order valence-corrected chi connectivity index (χ2v) is 5.89. The van der Waals surface area contributed by atoms with E-state index in [1.807, 2.05) is 4.90 Å². The van der Waals surface area contributed by atoms with Crippen LogP contribution in [0.15, 0.2) is 24.3 Å². The first-order valence-corrected chi connectivity index (χ1v) is 7.50. The van der Waals surface area contributed by atoms with E-state index in [0.29, 0.717) is 38.2 Å². The molecule has 2 unspecified atom stereocenters. The van der Waals surface area contributed by atoms with E-state index in [1.54, 1.807) is 17.0 Å². The molecule has 1 aromatic carbocycles. The highest BCUT2D eigenvalue weighted by Crippen LogP contribution is 2.29. The fraction of sp³-hybridized carbons (Fsp3) is 0.467. The fourth-order valence-corrected chi connectivity index (χ4v) is 3.31. The third-order valence-electron chi connectivity index (χ3n) is 4.54. The number of anilines is 1. The number of rotatable bonds is 4. The van der Waals surface area contributed by atoms with Crippen LogP contribution in [-0.2, 0) is 9.59 Å². The van der Waals surface area contributed by atoms with Crippen molar-refractivity contribution in [1.82, 2.24) is 4.90 Å². The van der Waals surface area contributed by atoms with Gasteiger partial charge in [0, 0.05) is 25.2 Å². The number of nitro benzene ring substituents is 1. The third kappa shape index (κ3) is 2.89. The smallest absolute Gasteiger partial charge is 0.307 e. The lowest BCUT2D eigenvalue weighted by atomic mass is 10.1. The molecule has 1 amide bonds. The first-order chi connectivity index (χ1) is 11.0. The second-order valence-electron chi connectivity index (χ2n) is 5.89. The minimum Gasteiger partial charge on any atom is -0.481 e. The van der Waals surface area contributed by atoms with Crippen molar-refractivity contribution in [3.05, 3.63) is 34.4 Å². The quantitative estimate of drug-likeness (QED) is 0.658. The van der Waals surface area contributed by atoms with Crippen molar-refractivity contribution >= 4 is 23.3 Å². The summed E-state index contributed by atoms with van der Waals surface area (Å²) in [4.78, 5) is 37.5. The first-order valence-electron chi connectivity index (χ1n) is 7.50. The summed E-state index contributed by atoms with van der Waals surface area (Å²) in [6.45, 7) is 1.46. The van der Waals surface area contributed by atoms with Crippen LogP contribution in [-0.4, -0.2) is 52.5 Å². The SMILES string of the molecule is O=C(O)C1CCN(C2CCN(c3cccc([N+](=O)[O-])c3)C2=O)C1. The Balaban J connectivity index is 1.73. The monoisotopic (exact) mass is 319 g/mol. The van der Waals surface area contributed by atoms with Gasteiger partial charge in [-0.3, -0.25) is 24.6 Å². The van der Waals surface area contributed by atoms with Gasteiger partial charge in [-0.15, -0.1) is 0 Å². The van der Waals surface area contributed by atoms with Crippen molar-refractivity contribution in [1.29, 1.82) is 0 Å². The largest absolute Gasteiger partial charge is 0.481 e. The molecule has 0 spiro atoms. The van der Waals surface area contributed by atoms with Gasteiger partial charge < -0.3 is 10.0 Å². The van der Waals surface area contributed by atoms with Crippen molar-refractivity contribution in [2.75, 3.05) is 24.5 Å². The molecular formula is C15H17N3O5. The summed E-state index contributed by atoms with van der Waals surface area (Å²) in [5, 5.41) is 19.9. The number of carbonyl (C=O) groups excluding carboxylic acids is 1. The number of aliphatic carboxylic acids is 1. The lowest BCUT2D eigenvalue weighted by Gasteiger charge is -2.23. The molecule has 0 radical (unpaired) electrons. The number of nitrogens with zero attached hydrogens (tertiary/aromatic N) is 3. The van der Waals surface area contributed by atoms with Gasteiger partial charge in [0.1, 0.15) is 0 Å². The van der Waals surface area contributed by atoms with Crippen LogP contribution in [0.4, 0.5) is 11.4 Å². The zero-order valence-electron chi connectivity index (χ0n) is 12.4. The molecule has 1 aromatic rings. The van der Waals surface area contributed by atoms with Crippen LogP contribution in [0, 0.1) is 16.0 Å². The highest BCUT2D eigenvalue weighted by molar-refractivity contribution is 5.99. The Labute approximate surface area is 132 Å². The molecule has 2 atom stereocenters. The van der Waals surface area contributed by atoms with E-state index in [-0.39, 0.29) is 17.6 Å². The molecule has 23 heavy (non-hydrogen) atoms. The zero-order chi connectivity index (χ0) is 16.6. The minimum absolute atomic E-state index is 0.0501. The summed E-state index contributed by atoms with van der Waals surface area (Å²) in [5.41, 5.74) is 0.464. The highest BCUT2D eigenvalue weighted by atomic mass is 16.6. The molecule has 2 fully saturated rings. The van der Waals surface area contributed by atoms with Crippen LogP contribution in [0.25, 0.3) is 0 Å². The Hall–Kier alpha value is -2.48. The molecule has 8 nitrogen and oxygen atoms in total. The first kappa shape index (κ1) is 15.4. The van der Waals surface area contributed by atoms with E-state index in [9.17, 15) is 19.7 Å². The zero-order valence-corrected chi connectivity index (χ0v) is 12.4. The molecule has 2 heterocycles. The van der Waals surface area contributed by atoms with E-state index < -0.39 is 16.8 Å². The molecule has 0 saturated carbocycles. The molecule has 8 heteroatoms. The van der Waals surface area contributed by atoms with Gasteiger partial charge in [0.2, 0.25) is 5.91 Å². The lowest BCUT2D eigenvalue weighted by Crippen LogP contribution is -2.41. The summed E-state index contributed by atoms with van der Waals surface area (Å²) in [7, 11) is 0. The summed E-state index contributed by atoms with van der Waals surface area (Å²) in [6, 6.07) is 5.68. The number of carbonyl (C=O) groups is 2. The molecule has 0 aliphatic carbocycles. The minimum atomic E-state index is -0.825. The molecular weight excluding hydrogens is 302 g/mol. The molecule has 2 aliphatic rings. The van der Waals surface area contributed by atoms with Gasteiger partial charge in [-0.05, 0) is 25.5 Å². The van der Waals surface area contributed by atoms with E-state index >= 15 is 0 Å². The highest BCUT2D eigenvalue weighted by Gasteiger charge is 2.41. The number of carboxylic acid groups (broad SMARTS) is 1. The topological polar surface area (TPSA) is 104 Å². The average molecular weight is 319 g/mol. The fourth-order valence-electron chi connectivity index (χ4n) is 3.31. The molecule has 1 N–H and O–H groups in total. The van der Waals surface area contributed by atoms with Gasteiger partial charge in [-0.25, -0.2) is 0 Å². The Morgan fingerprint density at radius 1 is 1.30 bits per heavy atom. The molecule has 2 saturated heterocycles. The van der Waals surface area contributed by atoms with Crippen molar-refractivity contribution in [2.24, 2.45) is 5.92 Å². The number of carboxylic acids is 1. The number of benzene rings is 1. The lowest BCUT2D eigenvalue weighted by molar-refractivity contribution is -0.384. The standard InChI is InChI=1S/C15H17N3O5/c19-14-13(16-6-4-10(9-16)15(20)21)5-7-17(14)11-2-1-3-12(8-11)18(22)23/h1-3,8,10,13H,4-7,9H2,(H,20,21). The van der Waals surface area contributed by atoms with Crippen LogP contribution < -0.4 is 4.90 Å². The molecule has 2 aliphatic heterocycles. The maximum atomic E-state index is 12.6. The summed E-state index contributed by atoms with van der Waals surface area (Å²) in [5.74, 6) is -1.36. The number of non-ortho nitro benzene ring substituents is 1. The van der Waals surface area contributed by atoms with Crippen molar-refractivity contribution < 1.29 is 19.6 Å². The Morgan fingerprint density at radius 3 is 2.74 bits per heavy atom. The van der Waals surface area contributed by atoms with Gasteiger partial charge in [0.05, 0.1) is 22.6 Å². The maximum absolute atomic E-state index is 12.6. The van der Waals surface area contributed by atoms with Gasteiger partial charge in [0.15, 0.2) is 0 Å². The van der Waals surface area contributed by atoms with E-state index in [0.717, 1.165) is 0 Å². The normalized spacial score (nSPS) is 25.0. The van der Waals surface area contributed by atoms with E-state index in [1.165, 1.54) is 12.1 Å². The number of hydrogen-bond donors (Lipinski definition) is 1. The van der Waals surface area contributed by atoms with Crippen molar-refractivity contribution in [3.63, 3.8) is 0 Å². The maximum Gasteiger partial charge on any atom is 0.307 e. The third-order valence-corrected chi connectivity index (χ3v) is 4.54. The van der Waals surface area contributed by atoms with Crippen LogP contribution in [0.2, 0.25) is 0 Å². The molecule has 122 valence electrons. The summed E-state index contributed by atoms with van der Waals surface area (Å²) < 4.78 is 0. The predicted molar refractivity (Wildman–Crippen MR) is 81.2 cm³/mol. The van der Waals surface area contributed by atoms with E-state index in [4.69, 9.17) is 5.11 Å². The predicted octanol–water partition coefficient (Wildman–Crippen LogP) is 1.11. The average Bonchev–Trinajstić information content (AvgIpc) is 3.14. The van der Waals surface area contributed by atoms with E-state index in [2.05, 4.69) is 0 Å². The Bertz CT molecular complexity index is 662.